The van der Waals surface area contributed by atoms with Crippen molar-refractivity contribution in [3.05, 3.63) is 28.5 Å². The lowest BCUT2D eigenvalue weighted by Crippen LogP contribution is -2.26. The van der Waals surface area contributed by atoms with Gasteiger partial charge in [-0.2, -0.15) is 5.10 Å². The fraction of sp³-hybridized carbons (Fsp3) is 0.500. The number of hydrogen-bond acceptors (Lipinski definition) is 3. The summed E-state index contributed by atoms with van der Waals surface area (Å²) in [6.45, 7) is 0.932. The molecular weight excluding hydrogens is 210 g/mol. The van der Waals surface area contributed by atoms with Crippen LogP contribution in [0.3, 0.4) is 0 Å². The molecule has 1 N–H and O–H groups in total. The van der Waals surface area contributed by atoms with E-state index in [1.54, 1.807) is 4.57 Å². The highest BCUT2D eigenvalue weighted by Gasteiger charge is 2.15. The van der Waals surface area contributed by atoms with Gasteiger partial charge in [0, 0.05) is 19.0 Å². The number of hydrogen-bond donors (Lipinski definition) is 1. The number of aromatic nitrogens is 3. The smallest absolute Gasteiger partial charge is 0.346 e. The summed E-state index contributed by atoms with van der Waals surface area (Å²) < 4.78 is 2.97. The van der Waals surface area contributed by atoms with Crippen molar-refractivity contribution >= 4 is 5.97 Å². The highest BCUT2D eigenvalue weighted by molar-refractivity contribution is 5.79. The number of aryl methyl sites for hydroxylation is 1. The van der Waals surface area contributed by atoms with E-state index in [2.05, 4.69) is 5.10 Å². The molecule has 1 aliphatic rings. The van der Waals surface area contributed by atoms with E-state index in [0.29, 0.717) is 0 Å². The zero-order valence-electron chi connectivity index (χ0n) is 8.80. The Labute approximate surface area is 91.8 Å². The maximum atomic E-state index is 11.8. The number of nitrogens with zero attached hydrogens (tertiary/aromatic N) is 3. The van der Waals surface area contributed by atoms with Crippen LogP contribution in [0.4, 0.5) is 0 Å². The second-order valence-corrected chi connectivity index (χ2v) is 3.73. The average molecular weight is 223 g/mol. The molecule has 0 saturated heterocycles. The number of aliphatic carboxylic acids is 1. The Morgan fingerprint density at radius 1 is 1.50 bits per heavy atom. The molecule has 1 aliphatic heterocycles. The molecule has 0 radical (unpaired) electrons. The lowest BCUT2D eigenvalue weighted by atomic mass is 10.2. The summed E-state index contributed by atoms with van der Waals surface area (Å²) in [4.78, 5) is 22.0. The summed E-state index contributed by atoms with van der Waals surface area (Å²) in [5.41, 5.74) is -0.148. The van der Waals surface area contributed by atoms with Gasteiger partial charge in [-0.15, -0.1) is 0 Å². The molecule has 0 bridgehead atoms. The number of fused-ring (bicyclic) bond motifs is 1. The Hall–Kier alpha value is -1.85. The van der Waals surface area contributed by atoms with Gasteiger partial charge in [0.05, 0.1) is 6.54 Å². The van der Waals surface area contributed by atoms with Crippen LogP contribution in [-0.2, 0) is 24.3 Å². The maximum Gasteiger partial charge on any atom is 0.346 e. The van der Waals surface area contributed by atoms with Crippen molar-refractivity contribution in [3.63, 3.8) is 0 Å². The van der Waals surface area contributed by atoms with Crippen molar-refractivity contribution in [2.75, 3.05) is 0 Å². The minimum Gasteiger partial charge on any atom is -0.478 e. The second-order valence-electron chi connectivity index (χ2n) is 3.73. The summed E-state index contributed by atoms with van der Waals surface area (Å²) in [6, 6.07) is 0. The Morgan fingerprint density at radius 3 is 3.00 bits per heavy atom. The molecule has 0 spiro atoms. The predicted molar refractivity (Wildman–Crippen MR) is 56.2 cm³/mol. The van der Waals surface area contributed by atoms with Gasteiger partial charge in [-0.25, -0.2) is 14.3 Å². The largest absolute Gasteiger partial charge is 0.478 e. The van der Waals surface area contributed by atoms with Crippen molar-refractivity contribution in [3.8, 4) is 0 Å². The highest BCUT2D eigenvalue weighted by atomic mass is 16.4. The van der Waals surface area contributed by atoms with Crippen molar-refractivity contribution in [1.29, 1.82) is 0 Å². The highest BCUT2D eigenvalue weighted by Crippen LogP contribution is 2.08. The third-order valence-electron chi connectivity index (χ3n) is 2.57. The SMILES string of the molecule is O=C(O)/C=C/Cn1nc2n(c1=O)CCCC2. The van der Waals surface area contributed by atoms with E-state index >= 15 is 0 Å². The van der Waals surface area contributed by atoms with Gasteiger partial charge < -0.3 is 5.11 Å². The summed E-state index contributed by atoms with van der Waals surface area (Å²) in [5.74, 6) is -0.211. The first-order valence-corrected chi connectivity index (χ1v) is 5.24. The molecule has 2 heterocycles. The van der Waals surface area contributed by atoms with Crippen molar-refractivity contribution < 1.29 is 9.90 Å². The second kappa shape index (κ2) is 4.34. The molecule has 0 saturated carbocycles. The standard InChI is InChI=1S/C10H13N3O3/c14-9(15)5-3-7-13-10(16)12-6-2-1-4-8(12)11-13/h3,5H,1-2,4,6-7H2,(H,14,15)/b5-3+. The fourth-order valence-corrected chi connectivity index (χ4v) is 1.82. The van der Waals surface area contributed by atoms with Gasteiger partial charge in [-0.1, -0.05) is 6.08 Å². The van der Waals surface area contributed by atoms with Crippen molar-refractivity contribution in [2.24, 2.45) is 0 Å². The summed E-state index contributed by atoms with van der Waals surface area (Å²) in [7, 11) is 0. The fourth-order valence-electron chi connectivity index (χ4n) is 1.82. The minimum absolute atomic E-state index is 0.148. The maximum absolute atomic E-state index is 11.8. The van der Waals surface area contributed by atoms with E-state index in [0.717, 1.165) is 37.7 Å². The summed E-state index contributed by atoms with van der Waals surface area (Å²) >= 11 is 0. The first kappa shape index (κ1) is 10.7. The van der Waals surface area contributed by atoms with Crippen LogP contribution in [-0.4, -0.2) is 25.4 Å². The number of carboxylic acid groups (broad SMARTS) is 1. The van der Waals surface area contributed by atoms with Crippen LogP contribution in [0.15, 0.2) is 16.9 Å². The lowest BCUT2D eigenvalue weighted by molar-refractivity contribution is -0.131. The van der Waals surface area contributed by atoms with E-state index in [4.69, 9.17) is 5.11 Å². The van der Waals surface area contributed by atoms with Gasteiger partial charge in [0.25, 0.3) is 0 Å². The third kappa shape index (κ3) is 2.05. The molecule has 1 aromatic rings. The number of carbonyl (C=O) groups is 1. The molecule has 1 aromatic heterocycles. The lowest BCUT2D eigenvalue weighted by Gasteiger charge is -2.09. The number of rotatable bonds is 3. The van der Waals surface area contributed by atoms with Crippen LogP contribution in [0.25, 0.3) is 0 Å². The van der Waals surface area contributed by atoms with Gasteiger partial charge in [0.2, 0.25) is 0 Å². The zero-order chi connectivity index (χ0) is 11.5. The molecule has 0 atom stereocenters. The Morgan fingerprint density at radius 2 is 2.31 bits per heavy atom. The van der Waals surface area contributed by atoms with Crippen molar-refractivity contribution in [1.82, 2.24) is 14.3 Å². The molecule has 86 valence electrons. The van der Waals surface area contributed by atoms with Crippen molar-refractivity contribution in [2.45, 2.75) is 32.4 Å². The Balaban J connectivity index is 2.19. The van der Waals surface area contributed by atoms with E-state index < -0.39 is 5.97 Å². The first-order chi connectivity index (χ1) is 7.68. The topological polar surface area (TPSA) is 77.1 Å². The molecule has 0 unspecified atom stereocenters. The average Bonchev–Trinajstić information content (AvgIpc) is 2.56. The van der Waals surface area contributed by atoms with E-state index in [9.17, 15) is 9.59 Å². The van der Waals surface area contributed by atoms with E-state index in [-0.39, 0.29) is 12.2 Å². The summed E-state index contributed by atoms with van der Waals surface area (Å²) in [5, 5.41) is 12.6. The van der Waals surface area contributed by atoms with Gasteiger partial charge >= 0.3 is 11.7 Å². The van der Waals surface area contributed by atoms with Crippen LogP contribution < -0.4 is 5.69 Å². The van der Waals surface area contributed by atoms with Gasteiger partial charge in [-0.05, 0) is 12.8 Å². The molecule has 16 heavy (non-hydrogen) atoms. The van der Waals surface area contributed by atoms with Crippen LogP contribution >= 0.6 is 0 Å². The van der Waals surface area contributed by atoms with Crippen LogP contribution in [0.2, 0.25) is 0 Å². The molecule has 0 fully saturated rings. The number of allylic oxidation sites excluding steroid dienone is 1. The summed E-state index contributed by atoms with van der Waals surface area (Å²) in [6.07, 6.45) is 5.32. The first-order valence-electron chi connectivity index (χ1n) is 5.24. The zero-order valence-corrected chi connectivity index (χ0v) is 8.80. The predicted octanol–water partition coefficient (Wildman–Crippen LogP) is 0.0219. The Bertz CT molecular complexity index is 484. The molecule has 0 aromatic carbocycles. The Kier molecular flexibility index (Phi) is 2.89. The van der Waals surface area contributed by atoms with Gasteiger partial charge in [-0.3, -0.25) is 4.57 Å². The third-order valence-corrected chi connectivity index (χ3v) is 2.57. The molecule has 0 aliphatic carbocycles. The molecule has 2 rings (SSSR count). The minimum atomic E-state index is -1.02. The quantitative estimate of drug-likeness (QED) is 0.733. The molecular formula is C10H13N3O3. The monoisotopic (exact) mass is 223 g/mol. The molecule has 6 nitrogen and oxygen atoms in total. The van der Waals surface area contributed by atoms with Gasteiger partial charge in [0.15, 0.2) is 0 Å². The number of carboxylic acids is 1. The normalized spacial score (nSPS) is 15.2. The van der Waals surface area contributed by atoms with Gasteiger partial charge in [0.1, 0.15) is 5.82 Å². The molecule has 6 heteroatoms. The van der Waals surface area contributed by atoms with E-state index in [1.165, 1.54) is 10.8 Å². The van der Waals surface area contributed by atoms with E-state index in [1.807, 2.05) is 0 Å². The van der Waals surface area contributed by atoms with Crippen LogP contribution in [0, 0.1) is 0 Å². The van der Waals surface area contributed by atoms with Crippen LogP contribution in [0.5, 0.6) is 0 Å². The van der Waals surface area contributed by atoms with Crippen LogP contribution in [0.1, 0.15) is 18.7 Å². The molecule has 0 amide bonds.